The third kappa shape index (κ3) is 2.53. The number of carbonyl (C=O) groups is 1. The van der Waals surface area contributed by atoms with Gasteiger partial charge in [0.15, 0.2) is 5.78 Å². The molecule has 3 aliphatic carbocycles. The van der Waals surface area contributed by atoms with Crippen LogP contribution in [0.5, 0.6) is 0 Å². The molecule has 0 bridgehead atoms. The van der Waals surface area contributed by atoms with Gasteiger partial charge in [-0.1, -0.05) is 39.2 Å². The molecule has 0 aromatic heterocycles. The fraction of sp³-hybridized carbons (Fsp3) is 0.750. The zero-order chi connectivity index (χ0) is 15.0. The normalized spacial score (nSPS) is 36.1. The number of allylic oxidation sites excluding steroid dienone is 4. The Morgan fingerprint density at radius 2 is 2.00 bits per heavy atom. The van der Waals surface area contributed by atoms with Gasteiger partial charge in [0.05, 0.1) is 0 Å². The van der Waals surface area contributed by atoms with E-state index in [0.717, 1.165) is 31.1 Å². The summed E-state index contributed by atoms with van der Waals surface area (Å²) in [5, 5.41) is 0. The average molecular weight is 286 g/mol. The summed E-state index contributed by atoms with van der Waals surface area (Å²) in [5.74, 6) is 2.01. The van der Waals surface area contributed by atoms with Gasteiger partial charge in [-0.25, -0.2) is 0 Å². The van der Waals surface area contributed by atoms with Crippen molar-refractivity contribution in [2.24, 2.45) is 17.3 Å². The molecule has 0 unspecified atom stereocenters. The molecule has 0 heterocycles. The van der Waals surface area contributed by atoms with E-state index in [1.165, 1.54) is 44.1 Å². The fourth-order valence-corrected chi connectivity index (χ4v) is 5.59. The van der Waals surface area contributed by atoms with E-state index in [1.54, 1.807) is 11.1 Å². The average Bonchev–Trinajstić information content (AvgIpc) is 2.46. The Morgan fingerprint density at radius 3 is 2.71 bits per heavy atom. The highest BCUT2D eigenvalue weighted by Crippen LogP contribution is 2.56. The highest BCUT2D eigenvalue weighted by Gasteiger charge is 2.44. The molecule has 0 aromatic carbocycles. The van der Waals surface area contributed by atoms with Crippen molar-refractivity contribution in [2.75, 3.05) is 0 Å². The molecular weight excluding hydrogens is 256 g/mol. The van der Waals surface area contributed by atoms with Crippen LogP contribution in [0.4, 0.5) is 0 Å². The maximum absolute atomic E-state index is 11.7. The SMILES string of the molecule is CCC[C@]1(C)CCC2=C3CCC(=O)C=C3CC[C@H]2[C@@H]1CC. The Labute approximate surface area is 129 Å². The monoisotopic (exact) mass is 286 g/mol. The number of carbonyl (C=O) groups excluding carboxylic acids is 1. The van der Waals surface area contributed by atoms with Gasteiger partial charge in [0, 0.05) is 6.42 Å². The first-order valence-corrected chi connectivity index (χ1v) is 9.04. The summed E-state index contributed by atoms with van der Waals surface area (Å²) in [7, 11) is 0. The van der Waals surface area contributed by atoms with Gasteiger partial charge in [-0.2, -0.15) is 0 Å². The van der Waals surface area contributed by atoms with E-state index in [4.69, 9.17) is 0 Å². The number of hydrogen-bond acceptors (Lipinski definition) is 1. The van der Waals surface area contributed by atoms with E-state index in [-0.39, 0.29) is 0 Å². The van der Waals surface area contributed by atoms with Crippen molar-refractivity contribution in [3.8, 4) is 0 Å². The van der Waals surface area contributed by atoms with Crippen molar-refractivity contribution in [1.82, 2.24) is 0 Å². The van der Waals surface area contributed by atoms with E-state index >= 15 is 0 Å². The zero-order valence-electron chi connectivity index (χ0n) is 14.0. The minimum Gasteiger partial charge on any atom is -0.295 e. The molecule has 1 saturated carbocycles. The summed E-state index contributed by atoms with van der Waals surface area (Å²) in [6, 6.07) is 0. The Morgan fingerprint density at radius 1 is 1.19 bits per heavy atom. The maximum atomic E-state index is 11.7. The van der Waals surface area contributed by atoms with Gasteiger partial charge < -0.3 is 0 Å². The predicted octanol–water partition coefficient (Wildman–Crippen LogP) is 5.61. The highest BCUT2D eigenvalue weighted by molar-refractivity contribution is 5.93. The summed E-state index contributed by atoms with van der Waals surface area (Å²) in [6.45, 7) is 7.27. The highest BCUT2D eigenvalue weighted by atomic mass is 16.1. The Kier molecular flexibility index (Phi) is 4.12. The maximum Gasteiger partial charge on any atom is 0.156 e. The van der Waals surface area contributed by atoms with Crippen LogP contribution < -0.4 is 0 Å². The minimum atomic E-state index is 0.353. The molecule has 0 saturated heterocycles. The van der Waals surface area contributed by atoms with Crippen molar-refractivity contribution in [3.05, 3.63) is 22.8 Å². The van der Waals surface area contributed by atoms with Crippen LogP contribution in [0.3, 0.4) is 0 Å². The van der Waals surface area contributed by atoms with Gasteiger partial charge in [0.2, 0.25) is 0 Å². The third-order valence-corrected chi connectivity index (χ3v) is 6.51. The van der Waals surface area contributed by atoms with Crippen LogP contribution >= 0.6 is 0 Å². The van der Waals surface area contributed by atoms with Crippen LogP contribution in [0.2, 0.25) is 0 Å². The number of ketones is 1. The summed E-state index contributed by atoms with van der Waals surface area (Å²) in [5.41, 5.74) is 5.29. The topological polar surface area (TPSA) is 17.1 Å². The Hall–Kier alpha value is -0.850. The van der Waals surface area contributed by atoms with Crippen molar-refractivity contribution in [3.63, 3.8) is 0 Å². The Balaban J connectivity index is 1.95. The van der Waals surface area contributed by atoms with Gasteiger partial charge >= 0.3 is 0 Å². The lowest BCUT2D eigenvalue weighted by atomic mass is 9.55. The lowest BCUT2D eigenvalue weighted by molar-refractivity contribution is -0.114. The molecule has 3 rings (SSSR count). The van der Waals surface area contributed by atoms with Gasteiger partial charge in [-0.05, 0) is 73.0 Å². The minimum absolute atomic E-state index is 0.353. The molecule has 0 spiro atoms. The van der Waals surface area contributed by atoms with Crippen LogP contribution in [0.15, 0.2) is 22.8 Å². The van der Waals surface area contributed by atoms with Crippen molar-refractivity contribution in [2.45, 2.75) is 78.6 Å². The largest absolute Gasteiger partial charge is 0.295 e. The van der Waals surface area contributed by atoms with E-state index in [2.05, 4.69) is 20.8 Å². The second-order valence-electron chi connectivity index (χ2n) is 7.70. The van der Waals surface area contributed by atoms with Crippen LogP contribution in [-0.4, -0.2) is 5.78 Å². The van der Waals surface area contributed by atoms with Crippen LogP contribution in [-0.2, 0) is 4.79 Å². The van der Waals surface area contributed by atoms with Gasteiger partial charge in [-0.15, -0.1) is 0 Å². The summed E-state index contributed by atoms with van der Waals surface area (Å²) < 4.78 is 0. The fourth-order valence-electron chi connectivity index (χ4n) is 5.59. The molecule has 1 nitrogen and oxygen atoms in total. The zero-order valence-corrected chi connectivity index (χ0v) is 14.0. The second-order valence-corrected chi connectivity index (χ2v) is 7.70. The molecular formula is C20H30O. The molecule has 1 heteroatoms. The smallest absolute Gasteiger partial charge is 0.156 e. The first-order valence-electron chi connectivity index (χ1n) is 9.04. The van der Waals surface area contributed by atoms with E-state index in [1.807, 2.05) is 6.08 Å². The Bertz CT molecular complexity index is 496. The molecule has 3 atom stereocenters. The van der Waals surface area contributed by atoms with Gasteiger partial charge in [-0.3, -0.25) is 4.79 Å². The van der Waals surface area contributed by atoms with Crippen molar-refractivity contribution >= 4 is 5.78 Å². The summed E-state index contributed by atoms with van der Waals surface area (Å²) >= 11 is 0. The first-order chi connectivity index (χ1) is 10.1. The lowest BCUT2D eigenvalue weighted by Crippen LogP contribution is -2.40. The molecule has 0 aliphatic heterocycles. The lowest BCUT2D eigenvalue weighted by Gasteiger charge is -2.50. The predicted molar refractivity (Wildman–Crippen MR) is 88.1 cm³/mol. The second kappa shape index (κ2) is 5.74. The molecule has 0 amide bonds. The van der Waals surface area contributed by atoms with Crippen molar-refractivity contribution < 1.29 is 4.79 Å². The van der Waals surface area contributed by atoms with Gasteiger partial charge in [0.1, 0.15) is 0 Å². The quantitative estimate of drug-likeness (QED) is 0.659. The molecule has 1 fully saturated rings. The van der Waals surface area contributed by atoms with Crippen LogP contribution in [0, 0.1) is 17.3 Å². The molecule has 0 radical (unpaired) electrons. The molecule has 3 aliphatic rings. The summed E-state index contributed by atoms with van der Waals surface area (Å²) in [4.78, 5) is 11.7. The van der Waals surface area contributed by atoms with Crippen LogP contribution in [0.25, 0.3) is 0 Å². The standard InChI is InChI=1S/C20H30O/c1-4-11-20(3)12-10-17-16-9-7-15(21)13-14(16)6-8-18(17)19(20)5-2/h13,18-19H,4-12H2,1-3H3/t18-,19+,20-/m1/s1. The third-order valence-electron chi connectivity index (χ3n) is 6.51. The van der Waals surface area contributed by atoms with Crippen LogP contribution in [0.1, 0.15) is 78.6 Å². The van der Waals surface area contributed by atoms with E-state index in [0.29, 0.717) is 11.2 Å². The number of fused-ring (bicyclic) bond motifs is 2. The molecule has 0 aromatic rings. The summed E-state index contributed by atoms with van der Waals surface area (Å²) in [6.07, 6.45) is 12.8. The first kappa shape index (κ1) is 15.1. The van der Waals surface area contributed by atoms with Gasteiger partial charge in [0.25, 0.3) is 0 Å². The van der Waals surface area contributed by atoms with E-state index < -0.39 is 0 Å². The number of rotatable bonds is 3. The molecule has 116 valence electrons. The van der Waals surface area contributed by atoms with Crippen molar-refractivity contribution in [1.29, 1.82) is 0 Å². The molecule has 0 N–H and O–H groups in total. The number of hydrogen-bond donors (Lipinski definition) is 0. The van der Waals surface area contributed by atoms with E-state index in [9.17, 15) is 4.79 Å². The molecule has 21 heavy (non-hydrogen) atoms.